The van der Waals surface area contributed by atoms with E-state index in [0.29, 0.717) is 18.8 Å². The van der Waals surface area contributed by atoms with E-state index in [0.717, 1.165) is 17.2 Å². The second-order valence-corrected chi connectivity index (χ2v) is 6.24. The molecule has 1 aliphatic rings. The Morgan fingerprint density at radius 2 is 2.27 bits per heavy atom. The number of likely N-dealkylation sites (tertiary alicyclic amines) is 1. The molecular weight excluding hydrogens is 300 g/mol. The molecule has 0 radical (unpaired) electrons. The maximum Gasteiger partial charge on any atom is 0.237 e. The van der Waals surface area contributed by atoms with Gasteiger partial charge in [-0.05, 0) is 19.5 Å². The second-order valence-electron chi connectivity index (χ2n) is 5.39. The Balaban J connectivity index is 1.58. The molecule has 1 saturated heterocycles. The molecule has 8 heteroatoms. The van der Waals surface area contributed by atoms with Crippen molar-refractivity contribution in [3.63, 3.8) is 0 Å². The molecule has 22 heavy (non-hydrogen) atoms. The molecule has 1 fully saturated rings. The van der Waals surface area contributed by atoms with Gasteiger partial charge in [-0.1, -0.05) is 0 Å². The van der Waals surface area contributed by atoms with E-state index in [4.69, 9.17) is 5.73 Å². The molecule has 116 valence electrons. The summed E-state index contributed by atoms with van der Waals surface area (Å²) in [4.78, 5) is 27.0. The highest BCUT2D eigenvalue weighted by Crippen LogP contribution is 2.19. The van der Waals surface area contributed by atoms with Crippen LogP contribution in [0.15, 0.2) is 23.8 Å². The Morgan fingerprint density at radius 1 is 1.50 bits per heavy atom. The number of carbonyl (C=O) groups excluding carboxylic acids is 1. The number of rotatable bonds is 4. The van der Waals surface area contributed by atoms with Crippen molar-refractivity contribution in [2.75, 3.05) is 13.6 Å². The average Bonchev–Trinajstić information content (AvgIpc) is 3.12. The van der Waals surface area contributed by atoms with Crippen LogP contribution in [-0.2, 0) is 11.3 Å². The first-order valence-electron chi connectivity index (χ1n) is 7.09. The summed E-state index contributed by atoms with van der Waals surface area (Å²) in [5.74, 6) is 0.604. The van der Waals surface area contributed by atoms with E-state index in [1.165, 1.54) is 11.3 Å². The highest BCUT2D eigenvalue weighted by Gasteiger charge is 2.32. The molecule has 1 amide bonds. The number of hydrogen-bond donors (Lipinski definition) is 2. The third kappa shape index (κ3) is 3.29. The molecule has 3 rings (SSSR count). The van der Waals surface area contributed by atoms with Crippen molar-refractivity contribution in [3.8, 4) is 10.8 Å². The van der Waals surface area contributed by atoms with Crippen LogP contribution < -0.4 is 11.1 Å². The largest absolute Gasteiger partial charge is 0.349 e. The normalized spacial score (nSPS) is 21.9. The van der Waals surface area contributed by atoms with Crippen molar-refractivity contribution in [1.82, 2.24) is 25.2 Å². The highest BCUT2D eigenvalue weighted by atomic mass is 32.1. The van der Waals surface area contributed by atoms with Crippen molar-refractivity contribution < 1.29 is 4.79 Å². The Kier molecular flexibility index (Phi) is 4.41. The molecule has 0 bridgehead atoms. The lowest BCUT2D eigenvalue weighted by atomic mass is 10.1. The monoisotopic (exact) mass is 318 g/mol. The lowest BCUT2D eigenvalue weighted by Gasteiger charge is -2.17. The van der Waals surface area contributed by atoms with Gasteiger partial charge in [0.15, 0.2) is 10.8 Å². The number of nitrogens with two attached hydrogens (primary N) is 1. The zero-order valence-electron chi connectivity index (χ0n) is 12.3. The van der Waals surface area contributed by atoms with Gasteiger partial charge in [-0.3, -0.25) is 9.69 Å². The van der Waals surface area contributed by atoms with Gasteiger partial charge in [0.25, 0.3) is 0 Å². The fourth-order valence-electron chi connectivity index (χ4n) is 2.54. The molecule has 0 aromatic carbocycles. The van der Waals surface area contributed by atoms with Crippen molar-refractivity contribution in [2.45, 2.75) is 25.0 Å². The third-order valence-electron chi connectivity index (χ3n) is 3.64. The number of hydrogen-bond acceptors (Lipinski definition) is 7. The van der Waals surface area contributed by atoms with Crippen LogP contribution >= 0.6 is 11.3 Å². The van der Waals surface area contributed by atoms with E-state index < -0.39 is 0 Å². The number of nitrogens with zero attached hydrogens (tertiary/aromatic N) is 4. The minimum absolute atomic E-state index is 0.000890. The van der Waals surface area contributed by atoms with Gasteiger partial charge in [-0.15, -0.1) is 11.3 Å². The zero-order valence-corrected chi connectivity index (χ0v) is 13.1. The van der Waals surface area contributed by atoms with Gasteiger partial charge in [0, 0.05) is 30.4 Å². The predicted molar refractivity (Wildman–Crippen MR) is 84.0 cm³/mol. The quantitative estimate of drug-likeness (QED) is 0.838. The minimum atomic E-state index is -0.148. The predicted octanol–water partition coefficient (Wildman–Crippen LogP) is 0.248. The Morgan fingerprint density at radius 3 is 2.95 bits per heavy atom. The van der Waals surface area contributed by atoms with E-state index >= 15 is 0 Å². The van der Waals surface area contributed by atoms with E-state index in [9.17, 15) is 4.79 Å². The fraction of sp³-hybridized carbons (Fsp3) is 0.429. The first kappa shape index (κ1) is 15.0. The van der Waals surface area contributed by atoms with Crippen molar-refractivity contribution in [3.05, 3.63) is 29.5 Å². The van der Waals surface area contributed by atoms with Gasteiger partial charge in [0.05, 0.1) is 18.3 Å². The molecular formula is C14H18N6OS. The number of likely N-dealkylation sites (N-methyl/N-ethyl adjacent to an activating group) is 1. The first-order chi connectivity index (χ1) is 10.6. The number of aromatic nitrogens is 3. The molecule has 3 heterocycles. The van der Waals surface area contributed by atoms with Gasteiger partial charge < -0.3 is 11.1 Å². The number of nitrogens with one attached hydrogen (secondary N) is 1. The summed E-state index contributed by atoms with van der Waals surface area (Å²) in [6, 6.07) is 1.69. The van der Waals surface area contributed by atoms with Crippen LogP contribution in [0.5, 0.6) is 0 Å². The summed E-state index contributed by atoms with van der Waals surface area (Å²) >= 11 is 1.47. The van der Waals surface area contributed by atoms with E-state index in [1.54, 1.807) is 18.5 Å². The summed E-state index contributed by atoms with van der Waals surface area (Å²) < 4.78 is 0. The second kappa shape index (κ2) is 6.47. The van der Waals surface area contributed by atoms with E-state index in [2.05, 4.69) is 20.3 Å². The molecule has 2 aromatic rings. The van der Waals surface area contributed by atoms with Gasteiger partial charge in [-0.25, -0.2) is 15.0 Å². The maximum absolute atomic E-state index is 12.2. The highest BCUT2D eigenvalue weighted by molar-refractivity contribution is 7.13. The fourth-order valence-corrected chi connectivity index (χ4v) is 3.31. The van der Waals surface area contributed by atoms with Crippen LogP contribution in [0.2, 0.25) is 0 Å². The van der Waals surface area contributed by atoms with Crippen LogP contribution in [0.3, 0.4) is 0 Å². The maximum atomic E-state index is 12.2. The summed E-state index contributed by atoms with van der Waals surface area (Å²) in [5.41, 5.74) is 6.69. The van der Waals surface area contributed by atoms with Gasteiger partial charge >= 0.3 is 0 Å². The zero-order chi connectivity index (χ0) is 15.5. The topological polar surface area (TPSA) is 97.0 Å². The average molecular weight is 318 g/mol. The smallest absolute Gasteiger partial charge is 0.237 e. The summed E-state index contributed by atoms with van der Waals surface area (Å²) in [7, 11) is 1.92. The third-order valence-corrected chi connectivity index (χ3v) is 4.52. The molecule has 7 nitrogen and oxygen atoms in total. The van der Waals surface area contributed by atoms with Crippen LogP contribution in [0.1, 0.15) is 12.1 Å². The van der Waals surface area contributed by atoms with Crippen LogP contribution in [-0.4, -0.2) is 51.4 Å². The minimum Gasteiger partial charge on any atom is -0.349 e. The van der Waals surface area contributed by atoms with Gasteiger partial charge in [0.2, 0.25) is 5.91 Å². The first-order valence-corrected chi connectivity index (χ1v) is 7.97. The molecule has 2 aromatic heterocycles. The van der Waals surface area contributed by atoms with Crippen LogP contribution in [0.4, 0.5) is 0 Å². The molecule has 0 spiro atoms. The summed E-state index contributed by atoms with van der Waals surface area (Å²) in [6.45, 7) is 1.16. The Bertz CT molecular complexity index is 646. The summed E-state index contributed by atoms with van der Waals surface area (Å²) in [6.07, 6.45) is 4.07. The molecule has 0 aliphatic carbocycles. The Hall–Kier alpha value is -1.90. The number of thiazole rings is 1. The Labute approximate surface area is 132 Å². The van der Waals surface area contributed by atoms with Crippen molar-refractivity contribution >= 4 is 17.2 Å². The van der Waals surface area contributed by atoms with Crippen molar-refractivity contribution in [1.29, 1.82) is 0 Å². The van der Waals surface area contributed by atoms with E-state index in [-0.39, 0.29) is 18.0 Å². The van der Waals surface area contributed by atoms with E-state index in [1.807, 2.05) is 17.3 Å². The van der Waals surface area contributed by atoms with Crippen LogP contribution in [0.25, 0.3) is 10.8 Å². The van der Waals surface area contributed by atoms with Gasteiger partial charge in [-0.2, -0.15) is 0 Å². The summed E-state index contributed by atoms with van der Waals surface area (Å²) in [5, 5.41) is 5.59. The lowest BCUT2D eigenvalue weighted by molar-refractivity contribution is -0.125. The number of amides is 1. The van der Waals surface area contributed by atoms with Gasteiger partial charge in [0.1, 0.15) is 0 Å². The molecule has 3 N–H and O–H groups in total. The SMILES string of the molecule is CN1C[C@@H](N)C[C@H]1C(=O)NCc1csc(-c2ncccn2)n1. The molecule has 2 atom stereocenters. The van der Waals surface area contributed by atoms with Crippen molar-refractivity contribution in [2.24, 2.45) is 5.73 Å². The lowest BCUT2D eigenvalue weighted by Crippen LogP contribution is -2.41. The van der Waals surface area contributed by atoms with Crippen LogP contribution in [0, 0.1) is 0 Å². The molecule has 0 unspecified atom stereocenters. The molecule has 1 aliphatic heterocycles. The standard InChI is InChI=1S/C14H18N6OS/c1-20-7-9(15)5-11(20)13(21)18-6-10-8-22-14(19-10)12-16-3-2-4-17-12/h2-4,8-9,11H,5-7,15H2,1H3,(H,18,21)/t9-,11-/m0/s1. The number of carbonyl (C=O) groups is 1. The molecule has 0 saturated carbocycles.